The van der Waals surface area contributed by atoms with Gasteiger partial charge in [0.05, 0.1) is 0 Å². The van der Waals surface area contributed by atoms with Crippen LogP contribution in [0.15, 0.2) is 37.1 Å². The number of carbonyl (C=O) groups excluding carboxylic acids is 1. The molecule has 1 fully saturated rings. The van der Waals surface area contributed by atoms with E-state index < -0.39 is 5.60 Å². The molecule has 3 heterocycles. The van der Waals surface area contributed by atoms with Gasteiger partial charge in [-0.2, -0.15) is 0 Å². The molecule has 1 atom stereocenters. The van der Waals surface area contributed by atoms with E-state index in [4.69, 9.17) is 4.74 Å². The van der Waals surface area contributed by atoms with Crippen molar-refractivity contribution in [1.29, 1.82) is 0 Å². The van der Waals surface area contributed by atoms with Gasteiger partial charge in [-0.05, 0) is 64.4 Å². The molecule has 1 aromatic carbocycles. The first-order valence-electron chi connectivity index (χ1n) is 10.4. The van der Waals surface area contributed by atoms with E-state index in [-0.39, 0.29) is 6.09 Å². The first kappa shape index (κ1) is 20.4. The maximum absolute atomic E-state index is 12.3. The lowest BCUT2D eigenvalue weighted by Crippen LogP contribution is -2.39. The Morgan fingerprint density at radius 1 is 1.30 bits per heavy atom. The first-order valence-corrected chi connectivity index (χ1v) is 10.4. The second-order valence-corrected chi connectivity index (χ2v) is 9.01. The van der Waals surface area contributed by atoms with Crippen LogP contribution in [0.25, 0.3) is 16.6 Å². The Labute approximate surface area is 176 Å². The van der Waals surface area contributed by atoms with E-state index in [0.29, 0.717) is 6.04 Å². The van der Waals surface area contributed by atoms with Gasteiger partial charge in [0.2, 0.25) is 0 Å². The first-order chi connectivity index (χ1) is 14.3. The molecule has 0 aliphatic carbocycles. The third-order valence-corrected chi connectivity index (χ3v) is 5.64. The zero-order valence-electron chi connectivity index (χ0n) is 18.1. The Kier molecular flexibility index (Phi) is 5.51. The molecule has 1 amide bonds. The number of likely N-dealkylation sites (tertiary alicyclic amines) is 1. The number of nitrogens with zero attached hydrogens (tertiary/aromatic N) is 5. The Morgan fingerprint density at radius 2 is 2.07 bits per heavy atom. The highest BCUT2D eigenvalue weighted by molar-refractivity contribution is 5.85. The molecule has 1 saturated heterocycles. The molecule has 1 aliphatic rings. The predicted molar refractivity (Wildman–Crippen MR) is 116 cm³/mol. The second kappa shape index (κ2) is 8.10. The summed E-state index contributed by atoms with van der Waals surface area (Å²) in [5.74, 6) is 0. The molecule has 160 valence electrons. The molecule has 0 radical (unpaired) electrons. The number of fused-ring (bicyclic) bond motifs is 1. The molecule has 30 heavy (non-hydrogen) atoms. The van der Waals surface area contributed by atoms with E-state index >= 15 is 0 Å². The highest BCUT2D eigenvalue weighted by Gasteiger charge is 2.31. The number of aromatic nitrogens is 4. The Bertz CT molecular complexity index is 1000. The average molecular weight is 411 g/mol. The number of hydrogen-bond acceptors (Lipinski definition) is 5. The molecule has 0 saturated carbocycles. The number of aromatic amines is 1. The van der Waals surface area contributed by atoms with Gasteiger partial charge in [-0.3, -0.25) is 4.57 Å². The number of benzene rings is 1. The van der Waals surface area contributed by atoms with E-state index in [1.165, 1.54) is 10.9 Å². The van der Waals surface area contributed by atoms with Gasteiger partial charge in [-0.1, -0.05) is 0 Å². The minimum absolute atomic E-state index is 0.212. The van der Waals surface area contributed by atoms with Crippen LogP contribution in [0.3, 0.4) is 0 Å². The topological polar surface area (TPSA) is 79.3 Å². The highest BCUT2D eigenvalue weighted by atomic mass is 16.6. The van der Waals surface area contributed by atoms with Gasteiger partial charge in [0.1, 0.15) is 18.3 Å². The molecule has 3 aromatic rings. The van der Waals surface area contributed by atoms with Crippen molar-refractivity contribution in [2.45, 2.75) is 45.3 Å². The van der Waals surface area contributed by atoms with Gasteiger partial charge in [0.25, 0.3) is 0 Å². The normalized spacial score (nSPS) is 17.2. The van der Waals surface area contributed by atoms with Crippen molar-refractivity contribution in [2.24, 2.45) is 0 Å². The van der Waals surface area contributed by atoms with Crippen LogP contribution in [0, 0.1) is 0 Å². The average Bonchev–Trinajstić information content (AvgIpc) is 3.45. The fourth-order valence-electron chi connectivity index (χ4n) is 3.94. The molecule has 1 N–H and O–H groups in total. The molecule has 1 unspecified atom stereocenters. The molecule has 0 spiro atoms. The van der Waals surface area contributed by atoms with Crippen molar-refractivity contribution in [3.63, 3.8) is 0 Å². The number of hydrogen-bond donors (Lipinski definition) is 1. The molecular formula is C22H30N6O2. The van der Waals surface area contributed by atoms with Crippen molar-refractivity contribution in [2.75, 3.05) is 26.7 Å². The van der Waals surface area contributed by atoms with Gasteiger partial charge < -0.3 is 19.5 Å². The predicted octanol–water partition coefficient (Wildman–Crippen LogP) is 3.23. The van der Waals surface area contributed by atoms with Crippen molar-refractivity contribution in [1.82, 2.24) is 29.5 Å². The summed E-state index contributed by atoms with van der Waals surface area (Å²) in [6.07, 6.45) is 7.20. The summed E-state index contributed by atoms with van der Waals surface area (Å²) in [5.41, 5.74) is 3.00. The van der Waals surface area contributed by atoms with Crippen molar-refractivity contribution < 1.29 is 9.53 Å². The Balaban J connectivity index is 1.37. The van der Waals surface area contributed by atoms with Gasteiger partial charge in [0, 0.05) is 48.5 Å². The minimum atomic E-state index is -0.456. The zero-order valence-corrected chi connectivity index (χ0v) is 18.1. The van der Waals surface area contributed by atoms with Gasteiger partial charge in [-0.25, -0.2) is 4.79 Å². The maximum atomic E-state index is 12.3. The number of amides is 1. The van der Waals surface area contributed by atoms with Crippen LogP contribution in [0.5, 0.6) is 0 Å². The van der Waals surface area contributed by atoms with Gasteiger partial charge >= 0.3 is 6.09 Å². The molecule has 2 aromatic heterocycles. The largest absolute Gasteiger partial charge is 0.444 e. The van der Waals surface area contributed by atoms with Crippen LogP contribution in [-0.4, -0.2) is 74.0 Å². The van der Waals surface area contributed by atoms with Crippen LogP contribution in [-0.2, 0) is 11.2 Å². The molecule has 8 nitrogen and oxygen atoms in total. The summed E-state index contributed by atoms with van der Waals surface area (Å²) in [6.45, 7) is 8.11. The van der Waals surface area contributed by atoms with Crippen LogP contribution < -0.4 is 0 Å². The van der Waals surface area contributed by atoms with Crippen molar-refractivity contribution in [3.05, 3.63) is 42.6 Å². The number of ether oxygens (including phenoxy) is 1. The zero-order chi connectivity index (χ0) is 21.3. The number of carbonyl (C=O) groups is 1. The number of nitrogens with one attached hydrogen (secondary N) is 1. The Morgan fingerprint density at radius 3 is 2.80 bits per heavy atom. The quantitative estimate of drug-likeness (QED) is 0.699. The SMILES string of the molecule is CN(CCc1c[nH]c2ccc(-n3cnnc3)cc12)C1CCN(C(=O)OC(C)(C)C)C1. The summed E-state index contributed by atoms with van der Waals surface area (Å²) in [7, 11) is 2.14. The highest BCUT2D eigenvalue weighted by Crippen LogP contribution is 2.23. The fraction of sp³-hybridized carbons (Fsp3) is 0.500. The molecule has 0 bridgehead atoms. The summed E-state index contributed by atoms with van der Waals surface area (Å²) >= 11 is 0. The summed E-state index contributed by atoms with van der Waals surface area (Å²) in [4.78, 5) is 19.9. The summed E-state index contributed by atoms with van der Waals surface area (Å²) in [6, 6.07) is 6.68. The van der Waals surface area contributed by atoms with Gasteiger partial charge in [0.15, 0.2) is 0 Å². The minimum Gasteiger partial charge on any atom is -0.444 e. The van der Waals surface area contributed by atoms with Crippen LogP contribution in [0.4, 0.5) is 4.79 Å². The molecule has 1 aliphatic heterocycles. The van der Waals surface area contributed by atoms with Crippen molar-refractivity contribution in [3.8, 4) is 5.69 Å². The van der Waals surface area contributed by atoms with E-state index in [1.54, 1.807) is 12.7 Å². The van der Waals surface area contributed by atoms with Crippen LogP contribution in [0.2, 0.25) is 0 Å². The standard InChI is InChI=1S/C22H30N6O2/c1-22(2,3)30-21(29)27-10-8-18(13-27)26(4)9-7-16-12-23-20-6-5-17(11-19(16)20)28-14-24-25-15-28/h5-6,11-12,14-15,18,23H,7-10,13H2,1-4H3. The molecular weight excluding hydrogens is 380 g/mol. The van der Waals surface area contributed by atoms with Gasteiger partial charge in [-0.15, -0.1) is 10.2 Å². The monoisotopic (exact) mass is 410 g/mol. The summed E-state index contributed by atoms with van der Waals surface area (Å²) in [5, 5.41) is 9.00. The van der Waals surface area contributed by atoms with Crippen LogP contribution >= 0.6 is 0 Å². The third kappa shape index (κ3) is 4.48. The van der Waals surface area contributed by atoms with E-state index in [2.05, 4.69) is 51.5 Å². The lowest BCUT2D eigenvalue weighted by atomic mass is 10.1. The van der Waals surface area contributed by atoms with Crippen LogP contribution in [0.1, 0.15) is 32.8 Å². The molecule has 8 heteroatoms. The smallest absolute Gasteiger partial charge is 0.410 e. The number of H-pyrrole nitrogens is 1. The summed E-state index contributed by atoms with van der Waals surface area (Å²) < 4.78 is 7.42. The van der Waals surface area contributed by atoms with E-state index in [9.17, 15) is 4.79 Å². The maximum Gasteiger partial charge on any atom is 0.410 e. The Hall–Kier alpha value is -2.87. The number of rotatable bonds is 5. The van der Waals surface area contributed by atoms with Crippen molar-refractivity contribution >= 4 is 17.0 Å². The number of likely N-dealkylation sites (N-methyl/N-ethyl adjacent to an activating group) is 1. The fourth-order valence-corrected chi connectivity index (χ4v) is 3.94. The lowest BCUT2D eigenvalue weighted by Gasteiger charge is -2.26. The molecule has 4 rings (SSSR count). The lowest BCUT2D eigenvalue weighted by molar-refractivity contribution is 0.0282. The van der Waals surface area contributed by atoms with E-state index in [1.807, 2.05) is 30.2 Å². The second-order valence-electron chi connectivity index (χ2n) is 9.01. The van der Waals surface area contributed by atoms with E-state index in [0.717, 1.165) is 43.7 Å². The third-order valence-electron chi connectivity index (χ3n) is 5.64.